The molecule has 1 fully saturated rings. The molecule has 112 valence electrons. The first-order chi connectivity index (χ1) is 10.1. The number of rotatable bonds is 5. The normalized spacial score (nSPS) is 16.7. The first-order valence-electron chi connectivity index (χ1n) is 7.48. The molecule has 0 spiro atoms. The quantitative estimate of drug-likeness (QED) is 0.918. The second-order valence-corrected chi connectivity index (χ2v) is 6.30. The Morgan fingerprint density at radius 2 is 1.95 bits per heavy atom. The Morgan fingerprint density at radius 3 is 2.57 bits per heavy atom. The van der Waals surface area contributed by atoms with E-state index < -0.39 is 0 Å². The number of hydrogen-bond acceptors (Lipinski definition) is 3. The molecule has 1 aromatic heterocycles. The molecule has 0 radical (unpaired) electrons. The highest BCUT2D eigenvalue weighted by Crippen LogP contribution is 2.25. The summed E-state index contributed by atoms with van der Waals surface area (Å²) in [6.45, 7) is 10.1. The largest absolute Gasteiger partial charge is 0.380 e. The van der Waals surface area contributed by atoms with Gasteiger partial charge in [-0.1, -0.05) is 25.1 Å². The van der Waals surface area contributed by atoms with Gasteiger partial charge >= 0.3 is 0 Å². The van der Waals surface area contributed by atoms with Crippen LogP contribution in [0.2, 0.25) is 0 Å². The van der Waals surface area contributed by atoms with Crippen molar-refractivity contribution >= 4 is 0 Å². The van der Waals surface area contributed by atoms with E-state index in [4.69, 9.17) is 4.74 Å². The predicted octanol–water partition coefficient (Wildman–Crippen LogP) is 2.62. The second kappa shape index (κ2) is 5.62. The first kappa shape index (κ1) is 14.3. The minimum absolute atomic E-state index is 0.303. The Labute approximate surface area is 126 Å². The second-order valence-electron chi connectivity index (χ2n) is 6.30. The van der Waals surface area contributed by atoms with Gasteiger partial charge in [-0.15, -0.1) is 0 Å². The number of para-hydroxylation sites is 1. The van der Waals surface area contributed by atoms with Gasteiger partial charge in [0.25, 0.3) is 0 Å². The third-order valence-electron chi connectivity index (χ3n) is 4.20. The number of hydrogen-bond donors (Lipinski definition) is 1. The highest BCUT2D eigenvalue weighted by Gasteiger charge is 2.32. The predicted molar refractivity (Wildman–Crippen MR) is 83.7 cm³/mol. The number of aromatic nitrogens is 2. The highest BCUT2D eigenvalue weighted by molar-refractivity contribution is 5.36. The average Bonchev–Trinajstić information content (AvgIpc) is 2.74. The topological polar surface area (TPSA) is 39.1 Å². The zero-order valence-electron chi connectivity index (χ0n) is 13.0. The molecule has 0 saturated carbocycles. The molecule has 4 heteroatoms. The van der Waals surface area contributed by atoms with Gasteiger partial charge in [0.05, 0.1) is 24.6 Å². The molecule has 2 aromatic rings. The van der Waals surface area contributed by atoms with Crippen molar-refractivity contribution < 1.29 is 4.74 Å². The molecule has 2 heterocycles. The van der Waals surface area contributed by atoms with Crippen LogP contribution in [0.1, 0.15) is 23.9 Å². The van der Waals surface area contributed by atoms with Crippen LogP contribution in [0.4, 0.5) is 0 Å². The van der Waals surface area contributed by atoms with Crippen molar-refractivity contribution in [2.75, 3.05) is 19.8 Å². The minimum Gasteiger partial charge on any atom is -0.380 e. The van der Waals surface area contributed by atoms with Gasteiger partial charge in [0.1, 0.15) is 0 Å². The number of ether oxygens (including phenoxy) is 1. The van der Waals surface area contributed by atoms with Crippen molar-refractivity contribution in [3.8, 4) is 5.69 Å². The summed E-state index contributed by atoms with van der Waals surface area (Å²) in [7, 11) is 0. The fourth-order valence-electron chi connectivity index (χ4n) is 2.79. The molecule has 0 atom stereocenters. The molecule has 4 nitrogen and oxygen atoms in total. The van der Waals surface area contributed by atoms with Crippen LogP contribution in [-0.2, 0) is 11.3 Å². The van der Waals surface area contributed by atoms with Crippen LogP contribution >= 0.6 is 0 Å². The summed E-state index contributed by atoms with van der Waals surface area (Å²) in [4.78, 5) is 0. The lowest BCUT2D eigenvalue weighted by molar-refractivity contribution is -0.0991. The van der Waals surface area contributed by atoms with Crippen LogP contribution in [0.5, 0.6) is 0 Å². The molecule has 0 unspecified atom stereocenters. The molecule has 0 amide bonds. The van der Waals surface area contributed by atoms with Crippen LogP contribution in [0.15, 0.2) is 30.3 Å². The summed E-state index contributed by atoms with van der Waals surface area (Å²) in [5.41, 5.74) is 5.02. The number of benzene rings is 1. The molecule has 3 rings (SSSR count). The van der Waals surface area contributed by atoms with E-state index in [0.29, 0.717) is 5.41 Å². The number of aryl methyl sites for hydroxylation is 1. The molecule has 1 saturated heterocycles. The molecule has 0 bridgehead atoms. The van der Waals surface area contributed by atoms with Gasteiger partial charge in [0.2, 0.25) is 0 Å². The fourth-order valence-corrected chi connectivity index (χ4v) is 2.79. The van der Waals surface area contributed by atoms with Crippen molar-refractivity contribution in [3.05, 3.63) is 47.3 Å². The van der Waals surface area contributed by atoms with Gasteiger partial charge < -0.3 is 10.1 Å². The van der Waals surface area contributed by atoms with Gasteiger partial charge in [-0.05, 0) is 26.0 Å². The standard InChI is InChI=1S/C17H23N3O/c1-13-16(9-18-10-17(3)11-21-12-17)14(2)20(19-13)15-7-5-4-6-8-15/h4-8,18H,9-12H2,1-3H3. The van der Waals surface area contributed by atoms with Crippen molar-refractivity contribution in [2.24, 2.45) is 5.41 Å². The van der Waals surface area contributed by atoms with Crippen LogP contribution in [0.25, 0.3) is 5.69 Å². The van der Waals surface area contributed by atoms with Gasteiger partial charge in [0, 0.05) is 29.8 Å². The van der Waals surface area contributed by atoms with E-state index in [-0.39, 0.29) is 0 Å². The Morgan fingerprint density at radius 1 is 1.24 bits per heavy atom. The monoisotopic (exact) mass is 285 g/mol. The van der Waals surface area contributed by atoms with Gasteiger partial charge in [-0.25, -0.2) is 4.68 Å². The highest BCUT2D eigenvalue weighted by atomic mass is 16.5. The fraction of sp³-hybridized carbons (Fsp3) is 0.471. The summed E-state index contributed by atoms with van der Waals surface area (Å²) in [5, 5.41) is 8.24. The molecule has 1 aliphatic rings. The molecule has 1 aromatic carbocycles. The molecule has 0 aliphatic carbocycles. The first-order valence-corrected chi connectivity index (χ1v) is 7.48. The minimum atomic E-state index is 0.303. The van der Waals surface area contributed by atoms with E-state index in [1.807, 2.05) is 22.9 Å². The summed E-state index contributed by atoms with van der Waals surface area (Å²) >= 11 is 0. The van der Waals surface area contributed by atoms with Gasteiger partial charge in [-0.2, -0.15) is 5.10 Å². The summed E-state index contributed by atoms with van der Waals surface area (Å²) in [5.74, 6) is 0. The Bertz CT molecular complexity index is 614. The lowest BCUT2D eigenvalue weighted by Crippen LogP contribution is -2.47. The van der Waals surface area contributed by atoms with Gasteiger partial charge in [-0.3, -0.25) is 0 Å². The maximum Gasteiger partial charge on any atom is 0.0648 e. The molecular formula is C17H23N3O. The Balaban J connectivity index is 1.72. The van der Waals surface area contributed by atoms with E-state index in [9.17, 15) is 0 Å². The maximum atomic E-state index is 5.29. The van der Waals surface area contributed by atoms with E-state index in [1.165, 1.54) is 11.3 Å². The number of nitrogens with zero attached hydrogens (tertiary/aromatic N) is 2. The average molecular weight is 285 g/mol. The van der Waals surface area contributed by atoms with Crippen molar-refractivity contribution in [1.82, 2.24) is 15.1 Å². The van der Waals surface area contributed by atoms with E-state index in [0.717, 1.165) is 37.7 Å². The molecule has 1 N–H and O–H groups in total. The van der Waals surface area contributed by atoms with Gasteiger partial charge in [0.15, 0.2) is 0 Å². The van der Waals surface area contributed by atoms with Crippen LogP contribution in [0.3, 0.4) is 0 Å². The number of nitrogens with one attached hydrogen (secondary N) is 1. The van der Waals surface area contributed by atoms with Crippen LogP contribution in [0, 0.1) is 19.3 Å². The van der Waals surface area contributed by atoms with Crippen LogP contribution in [-0.4, -0.2) is 29.5 Å². The SMILES string of the molecule is Cc1nn(-c2ccccc2)c(C)c1CNCC1(C)COC1. The lowest BCUT2D eigenvalue weighted by Gasteiger charge is -2.38. The zero-order chi connectivity index (χ0) is 14.9. The summed E-state index contributed by atoms with van der Waals surface area (Å²) in [6.07, 6.45) is 0. The third kappa shape index (κ3) is 2.87. The maximum absolute atomic E-state index is 5.29. The Kier molecular flexibility index (Phi) is 3.83. The Hall–Kier alpha value is -1.65. The molecule has 21 heavy (non-hydrogen) atoms. The van der Waals surface area contributed by atoms with E-state index >= 15 is 0 Å². The summed E-state index contributed by atoms with van der Waals surface area (Å²) < 4.78 is 7.32. The van der Waals surface area contributed by atoms with Crippen molar-refractivity contribution in [2.45, 2.75) is 27.3 Å². The van der Waals surface area contributed by atoms with Crippen LogP contribution < -0.4 is 5.32 Å². The molecule has 1 aliphatic heterocycles. The smallest absolute Gasteiger partial charge is 0.0648 e. The van der Waals surface area contributed by atoms with Crippen molar-refractivity contribution in [3.63, 3.8) is 0 Å². The molecular weight excluding hydrogens is 262 g/mol. The lowest BCUT2D eigenvalue weighted by atomic mass is 9.89. The van der Waals surface area contributed by atoms with Crippen molar-refractivity contribution in [1.29, 1.82) is 0 Å². The van der Waals surface area contributed by atoms with E-state index in [1.54, 1.807) is 0 Å². The zero-order valence-corrected chi connectivity index (χ0v) is 13.0. The summed E-state index contributed by atoms with van der Waals surface area (Å²) in [6, 6.07) is 10.3. The third-order valence-corrected chi connectivity index (χ3v) is 4.20. The van der Waals surface area contributed by atoms with E-state index in [2.05, 4.69) is 43.3 Å².